The second-order valence-corrected chi connectivity index (χ2v) is 6.45. The minimum absolute atomic E-state index is 0.569. The summed E-state index contributed by atoms with van der Waals surface area (Å²) in [5.41, 5.74) is 0.278. The Morgan fingerprint density at radius 2 is 1.48 bits per heavy atom. The highest BCUT2D eigenvalue weighted by atomic mass is 19.1. The number of hydrogen-bond acceptors (Lipinski definition) is 2. The molecule has 0 fully saturated rings. The van der Waals surface area contributed by atoms with Crippen molar-refractivity contribution in [3.8, 4) is 0 Å². The molecule has 6 heteroatoms. The fourth-order valence-corrected chi connectivity index (χ4v) is 2.14. The lowest BCUT2D eigenvalue weighted by molar-refractivity contribution is -0.135. The van der Waals surface area contributed by atoms with Crippen molar-refractivity contribution >= 4 is 23.2 Å². The van der Waals surface area contributed by atoms with E-state index in [9.17, 15) is 18.4 Å². The monoisotopic (exact) mass is 346 g/mol. The molecule has 2 aromatic rings. The number of rotatable bonds is 4. The van der Waals surface area contributed by atoms with Crippen LogP contribution in [0.15, 0.2) is 36.4 Å². The number of para-hydroxylation sites is 1. The predicted octanol–water partition coefficient (Wildman–Crippen LogP) is 4.19. The SMILES string of the molecule is Cc1ccc(C)c(NC(=O)C(C)(C)C(=O)Nc2c(F)cccc2F)c1. The van der Waals surface area contributed by atoms with Gasteiger partial charge in [0.05, 0.1) is 0 Å². The summed E-state index contributed by atoms with van der Waals surface area (Å²) in [6, 6.07) is 8.80. The van der Waals surface area contributed by atoms with Crippen molar-refractivity contribution in [3.63, 3.8) is 0 Å². The van der Waals surface area contributed by atoms with Gasteiger partial charge in [-0.1, -0.05) is 18.2 Å². The van der Waals surface area contributed by atoms with Crippen LogP contribution in [-0.2, 0) is 9.59 Å². The van der Waals surface area contributed by atoms with Crippen molar-refractivity contribution in [2.24, 2.45) is 5.41 Å². The van der Waals surface area contributed by atoms with E-state index in [1.54, 1.807) is 6.07 Å². The van der Waals surface area contributed by atoms with Gasteiger partial charge in [-0.25, -0.2) is 8.78 Å². The van der Waals surface area contributed by atoms with Gasteiger partial charge in [0, 0.05) is 5.69 Å². The Hall–Kier alpha value is -2.76. The average Bonchev–Trinajstić information content (AvgIpc) is 2.54. The van der Waals surface area contributed by atoms with E-state index in [4.69, 9.17) is 0 Å². The summed E-state index contributed by atoms with van der Waals surface area (Å²) in [6.45, 7) is 6.49. The second-order valence-electron chi connectivity index (χ2n) is 6.45. The van der Waals surface area contributed by atoms with Gasteiger partial charge in [-0.05, 0) is 57.0 Å². The molecule has 0 aliphatic carbocycles. The molecule has 0 unspecified atom stereocenters. The van der Waals surface area contributed by atoms with Gasteiger partial charge in [-0.2, -0.15) is 0 Å². The van der Waals surface area contributed by atoms with E-state index in [1.165, 1.54) is 19.9 Å². The third kappa shape index (κ3) is 4.02. The standard InChI is InChI=1S/C19H20F2N2O2/c1-11-8-9-12(2)15(10-11)22-17(24)19(3,4)18(25)23-16-13(20)6-5-7-14(16)21/h5-10H,1-4H3,(H,22,24)(H,23,25). The lowest BCUT2D eigenvalue weighted by Crippen LogP contribution is -2.42. The summed E-state index contributed by atoms with van der Waals surface area (Å²) in [5, 5.41) is 4.86. The molecule has 2 aromatic carbocycles. The van der Waals surface area contributed by atoms with Gasteiger partial charge < -0.3 is 10.6 Å². The molecule has 0 atom stereocenters. The van der Waals surface area contributed by atoms with Crippen LogP contribution in [0.1, 0.15) is 25.0 Å². The zero-order chi connectivity index (χ0) is 18.8. The van der Waals surface area contributed by atoms with E-state index < -0.39 is 34.6 Å². The van der Waals surface area contributed by atoms with Crippen LogP contribution in [0.5, 0.6) is 0 Å². The van der Waals surface area contributed by atoms with Gasteiger partial charge in [-0.3, -0.25) is 9.59 Å². The molecule has 0 bridgehead atoms. The smallest absolute Gasteiger partial charge is 0.239 e. The highest BCUT2D eigenvalue weighted by molar-refractivity contribution is 6.14. The van der Waals surface area contributed by atoms with Gasteiger partial charge in [0.25, 0.3) is 0 Å². The molecule has 2 N–H and O–H groups in total. The Labute approximate surface area is 145 Å². The predicted molar refractivity (Wildman–Crippen MR) is 93.3 cm³/mol. The highest BCUT2D eigenvalue weighted by Gasteiger charge is 2.37. The number of halogens is 2. The lowest BCUT2D eigenvalue weighted by atomic mass is 9.90. The first kappa shape index (κ1) is 18.6. The number of hydrogen-bond donors (Lipinski definition) is 2. The minimum atomic E-state index is -1.54. The van der Waals surface area contributed by atoms with Gasteiger partial charge in [0.1, 0.15) is 22.7 Å². The molecule has 132 valence electrons. The number of anilines is 2. The van der Waals surface area contributed by atoms with Crippen molar-refractivity contribution in [2.45, 2.75) is 27.7 Å². The van der Waals surface area contributed by atoms with Crippen molar-refractivity contribution in [3.05, 3.63) is 59.2 Å². The Bertz CT molecular complexity index is 812. The van der Waals surface area contributed by atoms with E-state index in [2.05, 4.69) is 10.6 Å². The summed E-state index contributed by atoms with van der Waals surface area (Å²) in [5.74, 6) is -3.19. The summed E-state index contributed by atoms with van der Waals surface area (Å²) in [6.07, 6.45) is 0. The first-order valence-electron chi connectivity index (χ1n) is 7.77. The molecule has 0 radical (unpaired) electrons. The molecular weight excluding hydrogens is 326 g/mol. The molecule has 4 nitrogen and oxygen atoms in total. The first-order valence-corrected chi connectivity index (χ1v) is 7.77. The fraction of sp³-hybridized carbons (Fsp3) is 0.263. The second kappa shape index (κ2) is 7.01. The Kier molecular flexibility index (Phi) is 5.21. The third-order valence-electron chi connectivity index (χ3n) is 3.98. The first-order chi connectivity index (χ1) is 11.6. The van der Waals surface area contributed by atoms with Gasteiger partial charge >= 0.3 is 0 Å². The van der Waals surface area contributed by atoms with E-state index in [0.29, 0.717) is 5.69 Å². The van der Waals surface area contributed by atoms with Crippen LogP contribution in [0.25, 0.3) is 0 Å². The van der Waals surface area contributed by atoms with Crippen molar-refractivity contribution in [2.75, 3.05) is 10.6 Å². The molecule has 0 aromatic heterocycles. The van der Waals surface area contributed by atoms with Crippen molar-refractivity contribution in [1.29, 1.82) is 0 Å². The summed E-state index contributed by atoms with van der Waals surface area (Å²) in [4.78, 5) is 25.0. The molecule has 0 saturated heterocycles. The molecular formula is C19H20F2N2O2. The van der Waals surface area contributed by atoms with E-state index in [0.717, 1.165) is 23.3 Å². The van der Waals surface area contributed by atoms with E-state index in [1.807, 2.05) is 26.0 Å². The summed E-state index contributed by atoms with van der Waals surface area (Å²) < 4.78 is 27.4. The lowest BCUT2D eigenvalue weighted by Gasteiger charge is -2.23. The van der Waals surface area contributed by atoms with Crippen molar-refractivity contribution in [1.82, 2.24) is 0 Å². The number of amides is 2. The molecule has 0 aliphatic rings. The minimum Gasteiger partial charge on any atom is -0.325 e. The highest BCUT2D eigenvalue weighted by Crippen LogP contribution is 2.25. The van der Waals surface area contributed by atoms with Gasteiger partial charge in [-0.15, -0.1) is 0 Å². The van der Waals surface area contributed by atoms with Gasteiger partial charge in [0.15, 0.2) is 0 Å². The molecule has 2 amide bonds. The van der Waals surface area contributed by atoms with Crippen LogP contribution in [0.2, 0.25) is 0 Å². The Balaban J connectivity index is 2.20. The zero-order valence-electron chi connectivity index (χ0n) is 14.5. The Morgan fingerprint density at radius 1 is 0.920 bits per heavy atom. The molecule has 25 heavy (non-hydrogen) atoms. The maximum Gasteiger partial charge on any atom is 0.239 e. The fourth-order valence-electron chi connectivity index (χ4n) is 2.14. The van der Waals surface area contributed by atoms with Gasteiger partial charge in [0.2, 0.25) is 11.8 Å². The number of benzene rings is 2. The van der Waals surface area contributed by atoms with E-state index in [-0.39, 0.29) is 0 Å². The number of carbonyl (C=O) groups excluding carboxylic acids is 2. The van der Waals surface area contributed by atoms with Crippen LogP contribution < -0.4 is 10.6 Å². The van der Waals surface area contributed by atoms with Crippen LogP contribution in [0.3, 0.4) is 0 Å². The number of carbonyl (C=O) groups is 2. The largest absolute Gasteiger partial charge is 0.325 e. The summed E-state index contributed by atoms with van der Waals surface area (Å²) >= 11 is 0. The van der Waals surface area contributed by atoms with E-state index >= 15 is 0 Å². The molecule has 0 spiro atoms. The van der Waals surface area contributed by atoms with Crippen LogP contribution in [-0.4, -0.2) is 11.8 Å². The van der Waals surface area contributed by atoms with Crippen LogP contribution >= 0.6 is 0 Å². The summed E-state index contributed by atoms with van der Waals surface area (Å²) in [7, 11) is 0. The van der Waals surface area contributed by atoms with Crippen molar-refractivity contribution < 1.29 is 18.4 Å². The maximum absolute atomic E-state index is 13.7. The quantitative estimate of drug-likeness (QED) is 0.816. The van der Waals surface area contributed by atoms with Crippen LogP contribution in [0.4, 0.5) is 20.2 Å². The molecule has 2 rings (SSSR count). The average molecular weight is 346 g/mol. The molecule has 0 heterocycles. The number of nitrogens with one attached hydrogen (secondary N) is 2. The Morgan fingerprint density at radius 3 is 2.08 bits per heavy atom. The zero-order valence-corrected chi connectivity index (χ0v) is 14.5. The van der Waals surface area contributed by atoms with Crippen LogP contribution in [0, 0.1) is 30.9 Å². The molecule has 0 saturated carbocycles. The topological polar surface area (TPSA) is 58.2 Å². The maximum atomic E-state index is 13.7. The molecule has 0 aliphatic heterocycles. The third-order valence-corrected chi connectivity index (χ3v) is 3.98. The number of aryl methyl sites for hydroxylation is 2. The normalized spacial score (nSPS) is 11.1.